The first-order valence-corrected chi connectivity index (χ1v) is 13.8. The minimum atomic E-state index is -0.760. The van der Waals surface area contributed by atoms with Gasteiger partial charge in [0.25, 0.3) is 0 Å². The van der Waals surface area contributed by atoms with Crippen LogP contribution in [0.1, 0.15) is 25.1 Å². The van der Waals surface area contributed by atoms with Gasteiger partial charge in [0.05, 0.1) is 17.1 Å². The zero-order chi connectivity index (χ0) is 30.4. The van der Waals surface area contributed by atoms with Gasteiger partial charge in [0.1, 0.15) is 24.0 Å². The summed E-state index contributed by atoms with van der Waals surface area (Å²) in [4.78, 5) is 50.1. The van der Waals surface area contributed by atoms with Gasteiger partial charge in [-0.3, -0.25) is 19.3 Å². The largest absolute Gasteiger partial charge is 0.368 e. The minimum absolute atomic E-state index is 0.139. The van der Waals surface area contributed by atoms with E-state index in [-0.39, 0.29) is 24.1 Å². The number of nitrogens with one attached hydrogen (secondary N) is 1. The lowest BCUT2D eigenvalue weighted by atomic mass is 10.1. The highest BCUT2D eigenvalue weighted by molar-refractivity contribution is 6.30. The number of benzene rings is 1. The van der Waals surface area contributed by atoms with Crippen LogP contribution in [0.15, 0.2) is 36.7 Å². The lowest BCUT2D eigenvalue weighted by Crippen LogP contribution is -2.40. The van der Waals surface area contributed by atoms with E-state index in [2.05, 4.69) is 30.4 Å². The van der Waals surface area contributed by atoms with Crippen LogP contribution >= 0.6 is 11.6 Å². The van der Waals surface area contributed by atoms with Crippen LogP contribution in [0.2, 0.25) is 5.02 Å². The van der Waals surface area contributed by atoms with E-state index in [0.717, 1.165) is 19.5 Å². The molecule has 2 atom stereocenters. The summed E-state index contributed by atoms with van der Waals surface area (Å²) < 4.78 is 14.7. The summed E-state index contributed by atoms with van der Waals surface area (Å²) in [6, 6.07) is 6.56. The number of hydrogen-bond acceptors (Lipinski definition) is 11. The third-order valence-corrected chi connectivity index (χ3v) is 7.34. The maximum atomic E-state index is 14.7. The van der Waals surface area contributed by atoms with Crippen molar-refractivity contribution in [2.45, 2.75) is 19.4 Å². The predicted octanol–water partition coefficient (Wildman–Crippen LogP) is 2.47. The lowest BCUT2D eigenvalue weighted by molar-refractivity contribution is -0.132. The number of likely N-dealkylation sites (N-methyl/N-ethyl adjacent to an activating group) is 1. The quantitative estimate of drug-likeness (QED) is 0.248. The number of aldehydes is 1. The van der Waals surface area contributed by atoms with Crippen molar-refractivity contribution >= 4 is 46.9 Å². The molecule has 0 bridgehead atoms. The van der Waals surface area contributed by atoms with E-state index in [1.54, 1.807) is 31.0 Å². The third kappa shape index (κ3) is 7.41. The monoisotopic (exact) mass is 597 g/mol. The molecule has 1 amide bonds. The molecule has 0 radical (unpaired) electrons. The van der Waals surface area contributed by atoms with Gasteiger partial charge >= 0.3 is 0 Å². The van der Waals surface area contributed by atoms with Crippen molar-refractivity contribution in [2.24, 2.45) is 11.7 Å². The molecule has 3 N–H and O–H groups in total. The Hall–Kier alpha value is -4.07. The summed E-state index contributed by atoms with van der Waals surface area (Å²) >= 11 is 6.11. The van der Waals surface area contributed by atoms with E-state index >= 15 is 0 Å². The number of amides is 1. The fourth-order valence-corrected chi connectivity index (χ4v) is 5.03. The molecule has 14 heteroatoms. The number of rotatable bonds is 11. The van der Waals surface area contributed by atoms with Gasteiger partial charge in [-0.2, -0.15) is 0 Å². The standard InChI is InChI=1S/C28H33ClFN9O3/c1-17(24(41)15-40)14-38(3)28-23(12-21(35-36-28)19-11-18(29)5-6-20(19)30)34-25-13-22(32-16-33-25)26(27(31)42)39-8-4-7-37(2)9-10-39/h5-6,11-13,15-17,26H,4,7-10,14H2,1-3H3,(H2,31,42)(H,32,33,34,35). The molecule has 0 spiro atoms. The van der Waals surface area contributed by atoms with Crippen molar-refractivity contribution < 1.29 is 18.8 Å². The van der Waals surface area contributed by atoms with Crippen molar-refractivity contribution in [1.29, 1.82) is 0 Å². The molecule has 12 nitrogen and oxygen atoms in total. The number of primary amides is 1. The van der Waals surface area contributed by atoms with Crippen LogP contribution in [0.4, 0.5) is 21.7 Å². The lowest BCUT2D eigenvalue weighted by Gasteiger charge is -2.28. The van der Waals surface area contributed by atoms with Crippen LogP contribution in [0.25, 0.3) is 11.3 Å². The molecule has 1 saturated heterocycles. The second-order valence-electron chi connectivity index (χ2n) is 10.3. The van der Waals surface area contributed by atoms with Gasteiger partial charge in [-0.05, 0) is 44.3 Å². The molecule has 1 fully saturated rings. The molecule has 222 valence electrons. The molecule has 4 rings (SSSR count). The molecular formula is C28H33ClFN9O3. The highest BCUT2D eigenvalue weighted by Gasteiger charge is 2.29. The van der Waals surface area contributed by atoms with E-state index in [0.29, 0.717) is 41.1 Å². The summed E-state index contributed by atoms with van der Waals surface area (Å²) in [6.07, 6.45) is 2.49. The second-order valence-corrected chi connectivity index (χ2v) is 10.8. The molecule has 1 aromatic carbocycles. The van der Waals surface area contributed by atoms with Crippen molar-refractivity contribution in [3.8, 4) is 11.3 Å². The SMILES string of the molecule is CC(CN(C)c1nnc(-c2cc(Cl)ccc2F)cc1Nc1cc(C(C(N)=O)N2CCCN(C)CC2)ncn1)C(=O)C=O. The molecule has 0 saturated carbocycles. The van der Waals surface area contributed by atoms with Crippen LogP contribution in [0.5, 0.6) is 0 Å². The first-order valence-electron chi connectivity index (χ1n) is 13.4. The molecule has 0 aliphatic carbocycles. The summed E-state index contributed by atoms with van der Waals surface area (Å²) in [5.74, 6) is -1.59. The summed E-state index contributed by atoms with van der Waals surface area (Å²) in [5, 5.41) is 12.0. The third-order valence-electron chi connectivity index (χ3n) is 7.11. The maximum Gasteiger partial charge on any atom is 0.241 e. The highest BCUT2D eigenvalue weighted by Crippen LogP contribution is 2.32. The predicted molar refractivity (Wildman–Crippen MR) is 157 cm³/mol. The van der Waals surface area contributed by atoms with Crippen LogP contribution in [-0.4, -0.2) is 94.8 Å². The van der Waals surface area contributed by atoms with E-state index in [4.69, 9.17) is 17.3 Å². The molecule has 3 aromatic rings. The van der Waals surface area contributed by atoms with Gasteiger partial charge in [0.15, 0.2) is 17.9 Å². The van der Waals surface area contributed by atoms with Gasteiger partial charge in [-0.25, -0.2) is 14.4 Å². The second kappa shape index (κ2) is 13.7. The number of carbonyl (C=O) groups excluding carboxylic acids is 3. The van der Waals surface area contributed by atoms with E-state index in [1.165, 1.54) is 24.5 Å². The Bertz CT molecular complexity index is 1460. The van der Waals surface area contributed by atoms with Crippen LogP contribution in [0.3, 0.4) is 0 Å². The fourth-order valence-electron chi connectivity index (χ4n) is 4.85. The number of carbonyl (C=O) groups is 3. The number of ketones is 1. The molecule has 2 unspecified atom stereocenters. The Morgan fingerprint density at radius 2 is 1.95 bits per heavy atom. The fraction of sp³-hybridized carbons (Fsp3) is 0.393. The number of halogens is 2. The first-order chi connectivity index (χ1) is 20.1. The Labute approximate surface area is 248 Å². The van der Waals surface area contributed by atoms with E-state index < -0.39 is 29.5 Å². The van der Waals surface area contributed by atoms with Gasteiger partial charge < -0.3 is 20.9 Å². The van der Waals surface area contributed by atoms with E-state index in [9.17, 15) is 18.8 Å². The average molecular weight is 598 g/mol. The van der Waals surface area contributed by atoms with Gasteiger partial charge in [0.2, 0.25) is 5.91 Å². The van der Waals surface area contributed by atoms with Crippen LogP contribution in [-0.2, 0) is 14.4 Å². The number of hydrogen-bond donors (Lipinski definition) is 2. The van der Waals surface area contributed by atoms with Crippen molar-refractivity contribution in [3.05, 3.63) is 53.2 Å². The molecule has 3 heterocycles. The first kappa shape index (κ1) is 30.9. The number of anilines is 3. The molecule has 1 aliphatic rings. The number of aromatic nitrogens is 4. The Balaban J connectivity index is 1.71. The van der Waals surface area contributed by atoms with Crippen molar-refractivity contribution in [2.75, 3.05) is 57.0 Å². The number of Topliss-reactive ketones (excluding diaryl/α,β-unsaturated/α-hetero) is 1. The summed E-state index contributed by atoms with van der Waals surface area (Å²) in [5.41, 5.74) is 6.99. The maximum absolute atomic E-state index is 14.7. The zero-order valence-electron chi connectivity index (χ0n) is 23.6. The number of nitrogens with zero attached hydrogens (tertiary/aromatic N) is 7. The van der Waals surface area contributed by atoms with E-state index in [1.807, 2.05) is 11.9 Å². The molecular weight excluding hydrogens is 565 g/mol. The smallest absolute Gasteiger partial charge is 0.241 e. The summed E-state index contributed by atoms with van der Waals surface area (Å²) in [7, 11) is 3.72. The highest BCUT2D eigenvalue weighted by atomic mass is 35.5. The van der Waals surface area contributed by atoms with Gasteiger partial charge in [-0.15, -0.1) is 10.2 Å². The Kier molecular flexibility index (Phi) is 10.1. The van der Waals surface area contributed by atoms with Crippen LogP contribution < -0.4 is 16.0 Å². The van der Waals surface area contributed by atoms with Crippen molar-refractivity contribution in [3.63, 3.8) is 0 Å². The van der Waals surface area contributed by atoms with Gasteiger partial charge in [-0.1, -0.05) is 18.5 Å². The normalized spacial score (nSPS) is 15.8. The summed E-state index contributed by atoms with van der Waals surface area (Å²) in [6.45, 7) is 4.81. The molecule has 2 aromatic heterocycles. The number of nitrogens with two attached hydrogens (primary N) is 1. The topological polar surface area (TPSA) is 151 Å². The molecule has 1 aliphatic heterocycles. The van der Waals surface area contributed by atoms with Gasteiger partial charge in [0, 0.05) is 55.8 Å². The van der Waals surface area contributed by atoms with Crippen LogP contribution in [0, 0.1) is 11.7 Å². The molecule has 42 heavy (non-hydrogen) atoms. The minimum Gasteiger partial charge on any atom is -0.368 e. The zero-order valence-corrected chi connectivity index (χ0v) is 24.4. The van der Waals surface area contributed by atoms with Crippen molar-refractivity contribution in [1.82, 2.24) is 30.0 Å². The average Bonchev–Trinajstić information content (AvgIpc) is 3.18. The Morgan fingerprint density at radius 3 is 2.69 bits per heavy atom. The Morgan fingerprint density at radius 1 is 1.17 bits per heavy atom.